The average Bonchev–Trinajstić information content (AvgIpc) is 2.64. The first-order valence-electron chi connectivity index (χ1n) is 8.69. The van der Waals surface area contributed by atoms with Gasteiger partial charge in [0.15, 0.2) is 11.5 Å². The minimum absolute atomic E-state index is 0.146. The van der Waals surface area contributed by atoms with Crippen molar-refractivity contribution < 1.29 is 14.7 Å². The van der Waals surface area contributed by atoms with E-state index >= 15 is 0 Å². The van der Waals surface area contributed by atoms with Crippen LogP contribution >= 0.6 is 0 Å². The molecular weight excluding hydrogens is 314 g/mol. The molecule has 1 saturated heterocycles. The summed E-state index contributed by atoms with van der Waals surface area (Å²) in [5, 5.41) is 16.3. The quantitative estimate of drug-likeness (QED) is 0.810. The summed E-state index contributed by atoms with van der Waals surface area (Å²) < 4.78 is 5.13. The summed E-state index contributed by atoms with van der Waals surface area (Å²) in [4.78, 5) is 1.60. The third kappa shape index (κ3) is 4.73. The van der Waals surface area contributed by atoms with Gasteiger partial charge in [-0.25, -0.2) is 0 Å². The van der Waals surface area contributed by atoms with Crippen molar-refractivity contribution in [2.45, 2.75) is 13.5 Å². The fourth-order valence-corrected chi connectivity index (χ4v) is 3.02. The predicted molar refractivity (Wildman–Crippen MR) is 99.4 cm³/mol. The molecule has 0 bridgehead atoms. The summed E-state index contributed by atoms with van der Waals surface area (Å²) in [6.45, 7) is 7.28. The van der Waals surface area contributed by atoms with E-state index in [9.17, 15) is 5.11 Å². The molecule has 3 rings (SSSR count). The topological polar surface area (TPSA) is 49.5 Å². The Labute approximate surface area is 149 Å². The van der Waals surface area contributed by atoms with Gasteiger partial charge < -0.3 is 14.7 Å². The van der Waals surface area contributed by atoms with E-state index in [0.29, 0.717) is 5.75 Å². The fraction of sp³-hybridized carbons (Fsp3) is 0.350. The van der Waals surface area contributed by atoms with Crippen LogP contribution in [0, 0.1) is 6.92 Å². The number of nitrogens with one attached hydrogen (secondary N) is 1. The Bertz CT molecular complexity index is 720. The van der Waals surface area contributed by atoms with E-state index in [4.69, 9.17) is 4.74 Å². The zero-order valence-electron chi connectivity index (χ0n) is 14.9. The van der Waals surface area contributed by atoms with Crippen LogP contribution in [0.3, 0.4) is 0 Å². The third-order valence-corrected chi connectivity index (χ3v) is 4.60. The van der Waals surface area contributed by atoms with Crippen molar-refractivity contribution in [1.29, 1.82) is 0 Å². The standard InChI is InChI=1S/C20H25N3O2/c1-16-3-5-17(6-4-16)15-22-9-11-23(12-10-22)21-14-18-7-8-19(24)20(13-18)25-2/h3-8,13-14,24H,9-12,15H2,1-2H3/p+1. The number of benzene rings is 2. The monoisotopic (exact) mass is 340 g/mol. The molecular formula is C20H26N3O2+. The lowest BCUT2D eigenvalue weighted by Crippen LogP contribution is -3.13. The SMILES string of the molecule is COc1cc(C=NN2CC[NH+](Cc3ccc(C)cc3)CC2)ccc1O. The molecule has 0 aromatic heterocycles. The Morgan fingerprint density at radius 3 is 2.56 bits per heavy atom. The summed E-state index contributed by atoms with van der Waals surface area (Å²) in [6.07, 6.45) is 1.83. The Kier molecular flexibility index (Phi) is 5.56. The lowest BCUT2D eigenvalue weighted by Gasteiger charge is -2.30. The van der Waals surface area contributed by atoms with Gasteiger partial charge in [-0.05, 0) is 30.7 Å². The van der Waals surface area contributed by atoms with Crippen LogP contribution in [0.5, 0.6) is 11.5 Å². The molecule has 0 unspecified atom stereocenters. The number of hydrazone groups is 1. The molecule has 0 aliphatic carbocycles. The summed E-state index contributed by atoms with van der Waals surface area (Å²) in [6, 6.07) is 14.1. The summed E-state index contributed by atoms with van der Waals surface area (Å²) in [5.74, 6) is 0.615. The third-order valence-electron chi connectivity index (χ3n) is 4.60. The van der Waals surface area contributed by atoms with Gasteiger partial charge in [-0.2, -0.15) is 5.10 Å². The number of nitrogens with zero attached hydrogens (tertiary/aromatic N) is 2. The van der Waals surface area contributed by atoms with Gasteiger partial charge in [0.1, 0.15) is 6.54 Å². The van der Waals surface area contributed by atoms with Crippen molar-refractivity contribution in [3.63, 3.8) is 0 Å². The fourth-order valence-electron chi connectivity index (χ4n) is 3.02. The molecule has 5 heteroatoms. The number of phenolic OH excluding ortho intramolecular Hbond substituents is 1. The lowest BCUT2D eigenvalue weighted by molar-refractivity contribution is -0.918. The first kappa shape index (κ1) is 17.3. The Morgan fingerprint density at radius 1 is 1.16 bits per heavy atom. The van der Waals surface area contributed by atoms with Gasteiger partial charge in [-0.15, -0.1) is 0 Å². The highest BCUT2D eigenvalue weighted by Gasteiger charge is 2.18. The van der Waals surface area contributed by atoms with Crippen molar-refractivity contribution in [1.82, 2.24) is 5.01 Å². The molecule has 2 aromatic rings. The second-order valence-corrected chi connectivity index (χ2v) is 6.54. The van der Waals surface area contributed by atoms with Crippen LogP contribution in [0.25, 0.3) is 0 Å². The normalized spacial score (nSPS) is 15.7. The maximum Gasteiger partial charge on any atom is 0.161 e. The molecule has 2 aromatic carbocycles. The van der Waals surface area contributed by atoms with Crippen LogP contribution in [0.2, 0.25) is 0 Å². The van der Waals surface area contributed by atoms with Crippen molar-refractivity contribution >= 4 is 6.21 Å². The van der Waals surface area contributed by atoms with Gasteiger partial charge in [0.2, 0.25) is 0 Å². The van der Waals surface area contributed by atoms with Gasteiger partial charge in [-0.1, -0.05) is 29.8 Å². The molecule has 0 radical (unpaired) electrons. The molecule has 25 heavy (non-hydrogen) atoms. The molecule has 0 saturated carbocycles. The van der Waals surface area contributed by atoms with Gasteiger partial charge in [-0.3, -0.25) is 5.01 Å². The van der Waals surface area contributed by atoms with Crippen molar-refractivity contribution in [2.24, 2.45) is 5.10 Å². The van der Waals surface area contributed by atoms with Crippen LogP contribution < -0.4 is 9.64 Å². The number of rotatable bonds is 5. The van der Waals surface area contributed by atoms with Gasteiger partial charge in [0.25, 0.3) is 0 Å². The number of hydrogen-bond donors (Lipinski definition) is 2. The van der Waals surface area contributed by atoms with Crippen LogP contribution in [0.4, 0.5) is 0 Å². The molecule has 0 atom stereocenters. The highest BCUT2D eigenvalue weighted by atomic mass is 16.5. The minimum atomic E-state index is 0.146. The second kappa shape index (κ2) is 8.03. The number of methoxy groups -OCH3 is 1. The summed E-state index contributed by atoms with van der Waals surface area (Å²) in [7, 11) is 1.55. The Hall–Kier alpha value is -2.53. The molecule has 5 nitrogen and oxygen atoms in total. The van der Waals surface area contributed by atoms with Crippen molar-refractivity contribution in [3.05, 3.63) is 59.2 Å². The predicted octanol–water partition coefficient (Wildman–Crippen LogP) is 1.44. The molecule has 1 heterocycles. The molecule has 0 spiro atoms. The number of quaternary nitrogens is 1. The van der Waals surface area contributed by atoms with Crippen LogP contribution in [-0.4, -0.2) is 49.6 Å². The van der Waals surface area contributed by atoms with Crippen LogP contribution in [-0.2, 0) is 6.54 Å². The number of phenols is 1. The average molecular weight is 340 g/mol. The number of piperazine rings is 1. The molecule has 1 aliphatic heterocycles. The number of ether oxygens (including phenoxy) is 1. The van der Waals surface area contributed by atoms with E-state index in [1.54, 1.807) is 24.1 Å². The van der Waals surface area contributed by atoms with Crippen LogP contribution in [0.15, 0.2) is 47.6 Å². The zero-order chi connectivity index (χ0) is 17.6. The summed E-state index contributed by atoms with van der Waals surface area (Å²) in [5.41, 5.74) is 3.63. The van der Waals surface area contributed by atoms with E-state index in [2.05, 4.69) is 41.3 Å². The molecule has 0 amide bonds. The second-order valence-electron chi connectivity index (χ2n) is 6.54. The van der Waals surface area contributed by atoms with Crippen molar-refractivity contribution in [3.8, 4) is 11.5 Å². The molecule has 1 fully saturated rings. The number of aryl methyl sites for hydroxylation is 1. The van der Waals surface area contributed by atoms with E-state index < -0.39 is 0 Å². The first-order valence-corrected chi connectivity index (χ1v) is 8.69. The van der Waals surface area contributed by atoms with E-state index in [0.717, 1.165) is 38.3 Å². The molecule has 132 valence electrons. The Morgan fingerprint density at radius 2 is 1.88 bits per heavy atom. The minimum Gasteiger partial charge on any atom is -0.504 e. The van der Waals surface area contributed by atoms with Gasteiger partial charge in [0.05, 0.1) is 39.5 Å². The Balaban J connectivity index is 1.51. The first-order chi connectivity index (χ1) is 12.1. The van der Waals surface area contributed by atoms with Crippen LogP contribution in [0.1, 0.15) is 16.7 Å². The molecule has 1 aliphatic rings. The number of hydrogen-bond acceptors (Lipinski definition) is 4. The maximum absolute atomic E-state index is 9.63. The highest BCUT2D eigenvalue weighted by molar-refractivity contribution is 5.80. The van der Waals surface area contributed by atoms with E-state index in [1.807, 2.05) is 12.3 Å². The van der Waals surface area contributed by atoms with Gasteiger partial charge >= 0.3 is 0 Å². The van der Waals surface area contributed by atoms with E-state index in [-0.39, 0.29) is 5.75 Å². The zero-order valence-corrected chi connectivity index (χ0v) is 14.9. The highest BCUT2D eigenvalue weighted by Crippen LogP contribution is 2.25. The number of aromatic hydroxyl groups is 1. The van der Waals surface area contributed by atoms with E-state index in [1.165, 1.54) is 11.1 Å². The largest absolute Gasteiger partial charge is 0.504 e. The van der Waals surface area contributed by atoms with Gasteiger partial charge in [0, 0.05) is 5.56 Å². The molecule has 2 N–H and O–H groups in total. The maximum atomic E-state index is 9.63. The van der Waals surface area contributed by atoms with Crippen molar-refractivity contribution in [2.75, 3.05) is 33.3 Å². The lowest BCUT2D eigenvalue weighted by atomic mass is 10.1. The smallest absolute Gasteiger partial charge is 0.161 e. The summed E-state index contributed by atoms with van der Waals surface area (Å²) >= 11 is 0.